The SMILES string of the molecule is COc1ccccc1OCCN1CC=C(c2c[nH]c3cc(F)ccc23)CC1. The van der Waals surface area contributed by atoms with Gasteiger partial charge in [0.1, 0.15) is 12.4 Å². The minimum absolute atomic E-state index is 0.213. The normalized spacial score (nSPS) is 15.0. The van der Waals surface area contributed by atoms with Crippen LogP contribution in [0.3, 0.4) is 0 Å². The molecule has 2 aromatic carbocycles. The van der Waals surface area contributed by atoms with Gasteiger partial charge in [-0.15, -0.1) is 0 Å². The van der Waals surface area contributed by atoms with Gasteiger partial charge in [-0.25, -0.2) is 4.39 Å². The van der Waals surface area contributed by atoms with Crippen LogP contribution in [-0.2, 0) is 0 Å². The van der Waals surface area contributed by atoms with Crippen LogP contribution >= 0.6 is 0 Å². The fourth-order valence-electron chi connectivity index (χ4n) is 3.55. The first-order valence-electron chi connectivity index (χ1n) is 9.19. The topological polar surface area (TPSA) is 37.5 Å². The molecule has 3 aromatic rings. The minimum Gasteiger partial charge on any atom is -0.493 e. The maximum Gasteiger partial charge on any atom is 0.161 e. The average molecular weight is 366 g/mol. The molecular weight excluding hydrogens is 343 g/mol. The zero-order valence-corrected chi connectivity index (χ0v) is 15.4. The second kappa shape index (κ2) is 7.84. The predicted molar refractivity (Wildman–Crippen MR) is 106 cm³/mol. The molecular formula is C22H23FN2O2. The molecule has 2 heterocycles. The number of nitrogens with one attached hydrogen (secondary N) is 1. The number of para-hydroxylation sites is 2. The van der Waals surface area contributed by atoms with E-state index in [1.165, 1.54) is 17.2 Å². The number of benzene rings is 2. The van der Waals surface area contributed by atoms with Crippen molar-refractivity contribution < 1.29 is 13.9 Å². The van der Waals surface area contributed by atoms with Gasteiger partial charge < -0.3 is 14.5 Å². The number of ether oxygens (including phenoxy) is 2. The third kappa shape index (κ3) is 3.83. The Labute approximate surface area is 158 Å². The number of aromatic nitrogens is 1. The predicted octanol–water partition coefficient (Wildman–Crippen LogP) is 4.48. The Bertz CT molecular complexity index is 964. The van der Waals surface area contributed by atoms with Crippen molar-refractivity contribution in [3.8, 4) is 11.5 Å². The van der Waals surface area contributed by atoms with E-state index in [-0.39, 0.29) is 5.82 Å². The number of hydrogen-bond donors (Lipinski definition) is 1. The van der Waals surface area contributed by atoms with Gasteiger partial charge >= 0.3 is 0 Å². The molecule has 0 bridgehead atoms. The molecule has 4 nitrogen and oxygen atoms in total. The molecule has 1 aromatic heterocycles. The Morgan fingerprint density at radius 1 is 1.15 bits per heavy atom. The van der Waals surface area contributed by atoms with E-state index in [9.17, 15) is 4.39 Å². The monoisotopic (exact) mass is 366 g/mol. The standard InChI is InChI=1S/C22H23FN2O2/c1-26-21-4-2-3-5-22(21)27-13-12-25-10-8-16(9-11-25)19-15-24-20-14-17(23)6-7-18(19)20/h2-8,14-15,24H,9-13H2,1H3. The van der Waals surface area contributed by atoms with Gasteiger partial charge in [0, 0.05) is 42.3 Å². The summed E-state index contributed by atoms with van der Waals surface area (Å²) in [6, 6.07) is 12.6. The number of halogens is 1. The van der Waals surface area contributed by atoms with E-state index in [4.69, 9.17) is 9.47 Å². The summed E-state index contributed by atoms with van der Waals surface area (Å²) in [7, 11) is 1.65. The Balaban J connectivity index is 1.35. The summed E-state index contributed by atoms with van der Waals surface area (Å²) in [6.45, 7) is 3.35. The molecule has 1 aliphatic heterocycles. The van der Waals surface area contributed by atoms with Crippen molar-refractivity contribution in [3.63, 3.8) is 0 Å². The third-order valence-electron chi connectivity index (χ3n) is 5.02. The van der Waals surface area contributed by atoms with Crippen LogP contribution in [0.25, 0.3) is 16.5 Å². The zero-order valence-electron chi connectivity index (χ0n) is 15.4. The molecule has 4 rings (SSSR count). The molecule has 140 valence electrons. The molecule has 0 spiro atoms. The van der Waals surface area contributed by atoms with Crippen molar-refractivity contribution in [2.45, 2.75) is 6.42 Å². The molecule has 1 N–H and O–H groups in total. The first kappa shape index (κ1) is 17.6. The Morgan fingerprint density at radius 3 is 2.78 bits per heavy atom. The number of rotatable bonds is 6. The highest BCUT2D eigenvalue weighted by Gasteiger charge is 2.16. The average Bonchev–Trinajstić information content (AvgIpc) is 3.12. The summed E-state index contributed by atoms with van der Waals surface area (Å²) in [4.78, 5) is 5.54. The van der Waals surface area contributed by atoms with Crippen molar-refractivity contribution in [2.24, 2.45) is 0 Å². The van der Waals surface area contributed by atoms with E-state index >= 15 is 0 Å². The van der Waals surface area contributed by atoms with Crippen LogP contribution in [0.4, 0.5) is 4.39 Å². The molecule has 27 heavy (non-hydrogen) atoms. The van der Waals surface area contributed by atoms with Gasteiger partial charge in [0.05, 0.1) is 7.11 Å². The van der Waals surface area contributed by atoms with Gasteiger partial charge in [0.15, 0.2) is 11.5 Å². The van der Waals surface area contributed by atoms with E-state index in [1.54, 1.807) is 13.2 Å². The molecule has 0 saturated carbocycles. The second-order valence-electron chi connectivity index (χ2n) is 6.67. The fourth-order valence-corrected chi connectivity index (χ4v) is 3.55. The number of H-pyrrole nitrogens is 1. The summed E-state index contributed by atoms with van der Waals surface area (Å²) in [6.07, 6.45) is 5.22. The summed E-state index contributed by atoms with van der Waals surface area (Å²) in [5, 5.41) is 1.08. The molecule has 0 fully saturated rings. The van der Waals surface area contributed by atoms with Crippen LogP contribution in [0.15, 0.2) is 54.7 Å². The maximum atomic E-state index is 13.4. The lowest BCUT2D eigenvalue weighted by atomic mass is 9.99. The van der Waals surface area contributed by atoms with E-state index in [1.807, 2.05) is 36.5 Å². The van der Waals surface area contributed by atoms with Gasteiger partial charge in [-0.1, -0.05) is 18.2 Å². The Hall–Kier alpha value is -2.79. The third-order valence-corrected chi connectivity index (χ3v) is 5.02. The van der Waals surface area contributed by atoms with Crippen molar-refractivity contribution >= 4 is 16.5 Å². The summed E-state index contributed by atoms with van der Waals surface area (Å²) in [5.41, 5.74) is 3.34. The first-order valence-corrected chi connectivity index (χ1v) is 9.19. The maximum absolute atomic E-state index is 13.4. The van der Waals surface area contributed by atoms with Crippen LogP contribution in [-0.4, -0.2) is 43.2 Å². The highest BCUT2D eigenvalue weighted by Crippen LogP contribution is 2.30. The lowest BCUT2D eigenvalue weighted by molar-refractivity contribution is 0.216. The van der Waals surface area contributed by atoms with Crippen molar-refractivity contribution in [3.05, 3.63) is 66.1 Å². The Kier molecular flexibility index (Phi) is 5.12. The van der Waals surface area contributed by atoms with Gasteiger partial charge in [0.2, 0.25) is 0 Å². The van der Waals surface area contributed by atoms with Crippen LogP contribution in [0.2, 0.25) is 0 Å². The molecule has 0 amide bonds. The number of fused-ring (bicyclic) bond motifs is 1. The van der Waals surface area contributed by atoms with Crippen molar-refractivity contribution in [1.29, 1.82) is 0 Å². The van der Waals surface area contributed by atoms with Crippen molar-refractivity contribution in [2.75, 3.05) is 33.4 Å². The Morgan fingerprint density at radius 2 is 2.00 bits per heavy atom. The fraction of sp³-hybridized carbons (Fsp3) is 0.273. The quantitative estimate of drug-likeness (QED) is 0.699. The van der Waals surface area contributed by atoms with Crippen LogP contribution in [0.1, 0.15) is 12.0 Å². The van der Waals surface area contributed by atoms with E-state index < -0.39 is 0 Å². The van der Waals surface area contributed by atoms with Crippen LogP contribution < -0.4 is 9.47 Å². The second-order valence-corrected chi connectivity index (χ2v) is 6.67. The highest BCUT2D eigenvalue weighted by molar-refractivity contribution is 5.92. The molecule has 1 aliphatic rings. The van der Waals surface area contributed by atoms with Crippen LogP contribution in [0.5, 0.6) is 11.5 Å². The van der Waals surface area contributed by atoms with E-state index in [0.29, 0.717) is 6.61 Å². The number of nitrogens with zero attached hydrogens (tertiary/aromatic N) is 1. The number of aromatic amines is 1. The van der Waals surface area contributed by atoms with Crippen LogP contribution in [0, 0.1) is 5.82 Å². The van der Waals surface area contributed by atoms with Crippen molar-refractivity contribution in [1.82, 2.24) is 9.88 Å². The molecule has 0 atom stereocenters. The van der Waals surface area contributed by atoms with Gasteiger partial charge in [0.25, 0.3) is 0 Å². The summed E-state index contributed by atoms with van der Waals surface area (Å²) in [5.74, 6) is 1.32. The minimum atomic E-state index is -0.213. The van der Waals surface area contributed by atoms with Gasteiger partial charge in [-0.3, -0.25) is 4.90 Å². The largest absolute Gasteiger partial charge is 0.493 e. The molecule has 0 aliphatic carbocycles. The number of hydrogen-bond acceptors (Lipinski definition) is 3. The molecule has 0 radical (unpaired) electrons. The van der Waals surface area contributed by atoms with Gasteiger partial charge in [-0.05, 0) is 42.3 Å². The zero-order chi connectivity index (χ0) is 18.6. The highest BCUT2D eigenvalue weighted by atomic mass is 19.1. The first-order chi connectivity index (χ1) is 13.2. The van der Waals surface area contributed by atoms with E-state index in [0.717, 1.165) is 48.5 Å². The number of methoxy groups -OCH3 is 1. The molecule has 5 heteroatoms. The lowest BCUT2D eigenvalue weighted by Crippen LogP contribution is -2.32. The van der Waals surface area contributed by atoms with Gasteiger partial charge in [-0.2, -0.15) is 0 Å². The van der Waals surface area contributed by atoms with E-state index in [2.05, 4.69) is 16.0 Å². The summed E-state index contributed by atoms with van der Waals surface area (Å²) >= 11 is 0. The summed E-state index contributed by atoms with van der Waals surface area (Å²) < 4.78 is 24.5. The molecule has 0 unspecified atom stereocenters. The smallest absolute Gasteiger partial charge is 0.161 e. The lowest BCUT2D eigenvalue weighted by Gasteiger charge is -2.26. The molecule has 0 saturated heterocycles.